The van der Waals surface area contributed by atoms with E-state index in [1.54, 1.807) is 0 Å². The van der Waals surface area contributed by atoms with Gasteiger partial charge in [0.15, 0.2) is 4.21 Å². The normalized spacial score (nSPS) is 11.4. The van der Waals surface area contributed by atoms with Crippen LogP contribution in [0.5, 0.6) is 0 Å². The highest BCUT2D eigenvalue weighted by Crippen LogP contribution is 2.29. The van der Waals surface area contributed by atoms with Crippen LogP contribution in [0.3, 0.4) is 0 Å². The van der Waals surface area contributed by atoms with Gasteiger partial charge in [0.2, 0.25) is 5.76 Å². The first kappa shape index (κ1) is 16.1. The highest BCUT2D eigenvalue weighted by molar-refractivity contribution is 7.94. The number of halogens is 1. The second-order valence-corrected chi connectivity index (χ2v) is 7.37. The second kappa shape index (κ2) is 6.02. The molecule has 8 nitrogen and oxygen atoms in total. The maximum atomic E-state index is 12.9. The fourth-order valence-electron chi connectivity index (χ4n) is 1.69. The molecule has 0 bridgehead atoms. The summed E-state index contributed by atoms with van der Waals surface area (Å²) in [6.07, 6.45) is 2.02. The average molecular weight is 369 g/mol. The number of hydrogen-bond donors (Lipinski definition) is 2. The minimum Gasteiger partial charge on any atom is -0.475 e. The summed E-state index contributed by atoms with van der Waals surface area (Å²) in [6, 6.07) is 4.97. The molecule has 3 rings (SSSR count). The summed E-state index contributed by atoms with van der Waals surface area (Å²) < 4.78 is 44.0. The number of nitrogens with zero attached hydrogens (tertiary/aromatic N) is 2. The Morgan fingerprint density at radius 3 is 2.54 bits per heavy atom. The lowest BCUT2D eigenvalue weighted by Gasteiger charge is -2.00. The number of sulfonamides is 1. The zero-order valence-corrected chi connectivity index (χ0v) is 13.3. The lowest BCUT2D eigenvalue weighted by Crippen LogP contribution is -2.11. The zero-order chi connectivity index (χ0) is 17.3. The molecule has 0 unspecified atom stereocenters. The van der Waals surface area contributed by atoms with E-state index in [0.717, 1.165) is 23.7 Å². The average Bonchev–Trinajstić information content (AvgIpc) is 3.17. The first-order chi connectivity index (χ1) is 11.3. The number of carboxylic acid groups (broad SMARTS) is 1. The van der Waals surface area contributed by atoms with Crippen molar-refractivity contribution in [3.05, 3.63) is 48.2 Å². The van der Waals surface area contributed by atoms with Crippen molar-refractivity contribution in [1.29, 1.82) is 0 Å². The minimum atomic E-state index is -4.04. The summed E-state index contributed by atoms with van der Waals surface area (Å²) in [5.74, 6) is -2.28. The molecule has 3 aromatic rings. The molecule has 0 aliphatic heterocycles. The largest absolute Gasteiger partial charge is 0.475 e. The van der Waals surface area contributed by atoms with Gasteiger partial charge >= 0.3 is 12.0 Å². The summed E-state index contributed by atoms with van der Waals surface area (Å²) in [6.45, 7) is 0. The lowest BCUT2D eigenvalue weighted by atomic mass is 10.2. The minimum absolute atomic E-state index is 0.128. The number of oxazole rings is 1. The van der Waals surface area contributed by atoms with Crippen LogP contribution in [-0.2, 0) is 10.0 Å². The summed E-state index contributed by atoms with van der Waals surface area (Å²) in [4.78, 5) is 18.2. The molecular weight excluding hydrogens is 361 g/mol. The Balaban J connectivity index is 1.84. The van der Waals surface area contributed by atoms with Crippen LogP contribution in [0.2, 0.25) is 0 Å². The highest BCUT2D eigenvalue weighted by Gasteiger charge is 2.22. The molecule has 2 N–H and O–H groups in total. The summed E-state index contributed by atoms with van der Waals surface area (Å²) >= 11 is 0.861. The van der Waals surface area contributed by atoms with Gasteiger partial charge in [0.1, 0.15) is 10.8 Å². The maximum absolute atomic E-state index is 12.9. The molecule has 2 aromatic heterocycles. The smallest absolute Gasteiger partial charge is 0.373 e. The third kappa shape index (κ3) is 3.26. The molecule has 0 atom stereocenters. The number of aromatic carboxylic acids is 1. The molecule has 0 spiro atoms. The maximum Gasteiger partial charge on any atom is 0.373 e. The summed E-state index contributed by atoms with van der Waals surface area (Å²) in [5, 5.41) is 9.10. The first-order valence-corrected chi connectivity index (χ1v) is 8.59. The number of nitrogens with one attached hydrogen (secondary N) is 1. The van der Waals surface area contributed by atoms with Gasteiger partial charge in [-0.15, -0.1) is 11.3 Å². The second-order valence-electron chi connectivity index (χ2n) is 4.43. The van der Waals surface area contributed by atoms with Crippen molar-refractivity contribution in [2.45, 2.75) is 4.21 Å². The van der Waals surface area contributed by atoms with E-state index >= 15 is 0 Å². The van der Waals surface area contributed by atoms with Crippen molar-refractivity contribution >= 4 is 33.3 Å². The van der Waals surface area contributed by atoms with Gasteiger partial charge in [-0.2, -0.15) is 0 Å². The zero-order valence-electron chi connectivity index (χ0n) is 11.6. The monoisotopic (exact) mass is 369 g/mol. The van der Waals surface area contributed by atoms with Crippen molar-refractivity contribution in [1.82, 2.24) is 9.97 Å². The molecule has 0 amide bonds. The van der Waals surface area contributed by atoms with Crippen molar-refractivity contribution in [2.75, 3.05) is 4.72 Å². The Morgan fingerprint density at radius 1 is 1.21 bits per heavy atom. The van der Waals surface area contributed by atoms with Gasteiger partial charge in [-0.05, 0) is 24.3 Å². The Hall–Kier alpha value is -2.79. The molecule has 2 heterocycles. The van der Waals surface area contributed by atoms with Crippen LogP contribution >= 0.6 is 11.3 Å². The third-order valence-electron chi connectivity index (χ3n) is 2.78. The summed E-state index contributed by atoms with van der Waals surface area (Å²) in [5.41, 5.74) is 0.562. The number of anilines is 1. The van der Waals surface area contributed by atoms with Gasteiger partial charge in [-0.1, -0.05) is 0 Å². The molecule has 0 fully saturated rings. The molecule has 11 heteroatoms. The van der Waals surface area contributed by atoms with Gasteiger partial charge < -0.3 is 9.52 Å². The fraction of sp³-hybridized carbons (Fsp3) is 0. The van der Waals surface area contributed by atoms with Crippen LogP contribution in [0.4, 0.5) is 10.4 Å². The van der Waals surface area contributed by atoms with Crippen molar-refractivity contribution in [3.63, 3.8) is 0 Å². The number of aromatic nitrogens is 2. The Bertz CT molecular complexity index is 995. The molecule has 0 aliphatic carbocycles. The number of hydrogen-bond acceptors (Lipinski definition) is 7. The van der Waals surface area contributed by atoms with Crippen LogP contribution in [0, 0.1) is 5.82 Å². The van der Waals surface area contributed by atoms with Gasteiger partial charge in [0.05, 0.1) is 12.4 Å². The first-order valence-electron chi connectivity index (χ1n) is 6.29. The van der Waals surface area contributed by atoms with Crippen molar-refractivity contribution in [2.24, 2.45) is 0 Å². The van der Waals surface area contributed by atoms with Crippen LogP contribution < -0.4 is 4.72 Å². The van der Waals surface area contributed by atoms with Crippen LogP contribution in [0.15, 0.2) is 45.3 Å². The fourth-order valence-corrected chi connectivity index (χ4v) is 3.77. The molecule has 0 radical (unpaired) electrons. The Morgan fingerprint density at radius 2 is 1.92 bits per heavy atom. The van der Waals surface area contributed by atoms with Crippen LogP contribution in [0.1, 0.15) is 10.6 Å². The molecule has 1 aromatic carbocycles. The van der Waals surface area contributed by atoms with E-state index in [2.05, 4.69) is 9.97 Å². The SMILES string of the molecule is O=C(O)c1cnc(NS(=O)(=O)c2cnc(-c3ccc(F)cc3)s2)o1. The van der Waals surface area contributed by atoms with Crippen LogP contribution in [0.25, 0.3) is 10.6 Å². The topological polar surface area (TPSA) is 122 Å². The quantitative estimate of drug-likeness (QED) is 0.708. The van der Waals surface area contributed by atoms with E-state index in [-0.39, 0.29) is 4.21 Å². The number of benzene rings is 1. The van der Waals surface area contributed by atoms with Crippen molar-refractivity contribution < 1.29 is 27.1 Å². The van der Waals surface area contributed by atoms with Crippen molar-refractivity contribution in [3.8, 4) is 10.6 Å². The van der Waals surface area contributed by atoms with Gasteiger partial charge in [0, 0.05) is 5.56 Å². The van der Waals surface area contributed by atoms with Gasteiger partial charge in [-0.25, -0.2) is 32.3 Å². The van der Waals surface area contributed by atoms with E-state index in [0.29, 0.717) is 10.6 Å². The number of rotatable bonds is 5. The van der Waals surface area contributed by atoms with E-state index in [9.17, 15) is 17.6 Å². The predicted molar refractivity (Wildman–Crippen MR) is 81.8 cm³/mol. The molecule has 0 aliphatic rings. The summed E-state index contributed by atoms with van der Waals surface area (Å²) in [7, 11) is -4.04. The standard InChI is InChI=1S/C13H8FN3O5S2/c14-8-3-1-7(2-4-8)11-15-6-10(23-11)24(20,21)17-13-16-5-9(22-13)12(18)19/h1-6H,(H,16,17)(H,18,19). The molecular formula is C13H8FN3O5S2. The van der Waals surface area contributed by atoms with Gasteiger partial charge in [-0.3, -0.25) is 0 Å². The predicted octanol–water partition coefficient (Wildman–Crippen LogP) is 2.44. The number of carboxylic acids is 1. The molecule has 124 valence electrons. The molecule has 0 saturated heterocycles. The van der Waals surface area contributed by atoms with Crippen LogP contribution in [-0.4, -0.2) is 29.5 Å². The molecule has 0 saturated carbocycles. The Labute approximate surface area is 138 Å². The highest BCUT2D eigenvalue weighted by atomic mass is 32.2. The Kier molecular flexibility index (Phi) is 4.03. The van der Waals surface area contributed by atoms with E-state index < -0.39 is 33.6 Å². The van der Waals surface area contributed by atoms with Gasteiger partial charge in [0.25, 0.3) is 10.0 Å². The third-order valence-corrected chi connectivity index (χ3v) is 5.61. The lowest BCUT2D eigenvalue weighted by molar-refractivity contribution is 0.0663. The van der Waals surface area contributed by atoms with E-state index in [1.165, 1.54) is 24.3 Å². The number of thiazole rings is 1. The molecule has 24 heavy (non-hydrogen) atoms. The van der Waals surface area contributed by atoms with E-state index in [1.807, 2.05) is 4.72 Å². The van der Waals surface area contributed by atoms with E-state index in [4.69, 9.17) is 9.52 Å². The number of carbonyl (C=O) groups is 1.